The van der Waals surface area contributed by atoms with Crippen LogP contribution in [0.2, 0.25) is 5.02 Å². The summed E-state index contributed by atoms with van der Waals surface area (Å²) in [5.41, 5.74) is 6.23. The molecule has 1 heterocycles. The molecule has 0 aliphatic carbocycles. The van der Waals surface area contributed by atoms with Gasteiger partial charge < -0.3 is 15.4 Å². The van der Waals surface area contributed by atoms with Gasteiger partial charge in [0, 0.05) is 23.7 Å². The van der Waals surface area contributed by atoms with E-state index in [1.807, 2.05) is 0 Å². The van der Waals surface area contributed by atoms with Crippen LogP contribution in [0.4, 0.5) is 0 Å². The zero-order valence-corrected chi connectivity index (χ0v) is 10.2. The highest BCUT2D eigenvalue weighted by Gasteiger charge is 2.26. The molecule has 4 nitrogen and oxygen atoms in total. The molecule has 1 aromatic rings. The van der Waals surface area contributed by atoms with Crippen LogP contribution in [0.3, 0.4) is 0 Å². The molecule has 92 valence electrons. The largest absolute Gasteiger partial charge is 0.377 e. The van der Waals surface area contributed by atoms with Crippen LogP contribution in [0.1, 0.15) is 10.4 Å². The number of carbonyl (C=O) groups is 1. The van der Waals surface area contributed by atoms with Crippen molar-refractivity contribution >= 4 is 17.5 Å². The second kappa shape index (κ2) is 5.49. The Kier molecular flexibility index (Phi) is 3.99. The Hall–Kier alpha value is -1.10. The summed E-state index contributed by atoms with van der Waals surface area (Å²) in [5, 5.41) is 0.563. The Morgan fingerprint density at radius 3 is 3.12 bits per heavy atom. The van der Waals surface area contributed by atoms with Crippen LogP contribution >= 0.6 is 11.6 Å². The van der Waals surface area contributed by atoms with E-state index in [9.17, 15) is 4.79 Å². The van der Waals surface area contributed by atoms with Gasteiger partial charge >= 0.3 is 0 Å². The van der Waals surface area contributed by atoms with Crippen molar-refractivity contribution < 1.29 is 9.53 Å². The highest BCUT2D eigenvalue weighted by molar-refractivity contribution is 6.30. The molecule has 0 spiro atoms. The molecule has 5 heteroatoms. The number of nitrogens with two attached hydrogens (primary N) is 1. The second-order valence-electron chi connectivity index (χ2n) is 3.97. The molecular formula is C12H15ClN2O2. The van der Waals surface area contributed by atoms with E-state index in [2.05, 4.69) is 0 Å². The molecular weight excluding hydrogens is 240 g/mol. The SMILES string of the molecule is NCC1COCCN1C(=O)c1cccc(Cl)c1. The molecule has 1 saturated heterocycles. The summed E-state index contributed by atoms with van der Waals surface area (Å²) in [7, 11) is 0. The highest BCUT2D eigenvalue weighted by atomic mass is 35.5. The van der Waals surface area contributed by atoms with Crippen molar-refractivity contribution in [2.24, 2.45) is 5.73 Å². The zero-order valence-electron chi connectivity index (χ0n) is 9.43. The van der Waals surface area contributed by atoms with Crippen molar-refractivity contribution in [1.29, 1.82) is 0 Å². The Labute approximate surface area is 105 Å². The number of hydrogen-bond acceptors (Lipinski definition) is 3. The molecule has 17 heavy (non-hydrogen) atoms. The lowest BCUT2D eigenvalue weighted by atomic mass is 10.1. The minimum absolute atomic E-state index is 0.0359. The van der Waals surface area contributed by atoms with Gasteiger partial charge in [-0.3, -0.25) is 4.79 Å². The van der Waals surface area contributed by atoms with Gasteiger partial charge in [-0.15, -0.1) is 0 Å². The third kappa shape index (κ3) is 2.77. The van der Waals surface area contributed by atoms with Crippen LogP contribution < -0.4 is 5.73 Å². The minimum atomic E-state index is -0.0461. The molecule has 1 atom stereocenters. The zero-order chi connectivity index (χ0) is 12.3. The van der Waals surface area contributed by atoms with Crippen LogP contribution in [-0.4, -0.2) is 43.2 Å². The summed E-state index contributed by atoms with van der Waals surface area (Å²) in [6.45, 7) is 2.05. The molecule has 0 aromatic heterocycles. The topological polar surface area (TPSA) is 55.6 Å². The fraction of sp³-hybridized carbons (Fsp3) is 0.417. The molecule has 0 saturated carbocycles. The third-order valence-electron chi connectivity index (χ3n) is 2.83. The molecule has 1 aromatic carbocycles. The number of rotatable bonds is 2. The summed E-state index contributed by atoms with van der Waals surface area (Å²) >= 11 is 5.88. The van der Waals surface area contributed by atoms with Crippen LogP contribution in [0.5, 0.6) is 0 Å². The van der Waals surface area contributed by atoms with Gasteiger partial charge in [0.25, 0.3) is 5.91 Å². The maximum absolute atomic E-state index is 12.3. The van der Waals surface area contributed by atoms with E-state index in [4.69, 9.17) is 22.1 Å². The summed E-state index contributed by atoms with van der Waals surface area (Å²) in [6, 6.07) is 6.91. The Morgan fingerprint density at radius 1 is 1.59 bits per heavy atom. The fourth-order valence-corrected chi connectivity index (χ4v) is 2.10. The second-order valence-corrected chi connectivity index (χ2v) is 4.41. The van der Waals surface area contributed by atoms with Gasteiger partial charge in [-0.1, -0.05) is 17.7 Å². The summed E-state index contributed by atoms with van der Waals surface area (Å²) < 4.78 is 5.31. The Bertz CT molecular complexity index is 411. The highest BCUT2D eigenvalue weighted by Crippen LogP contribution is 2.15. The molecule has 2 rings (SSSR count). The molecule has 1 aliphatic heterocycles. The van der Waals surface area contributed by atoms with Crippen molar-refractivity contribution in [3.8, 4) is 0 Å². The van der Waals surface area contributed by atoms with Gasteiger partial charge in [-0.05, 0) is 18.2 Å². The van der Waals surface area contributed by atoms with Gasteiger partial charge in [0.1, 0.15) is 0 Å². The quantitative estimate of drug-likeness (QED) is 0.861. The Balaban J connectivity index is 2.18. The smallest absolute Gasteiger partial charge is 0.254 e. The van der Waals surface area contributed by atoms with Gasteiger partial charge in [-0.25, -0.2) is 0 Å². The van der Waals surface area contributed by atoms with Crippen molar-refractivity contribution in [1.82, 2.24) is 4.90 Å². The lowest BCUT2D eigenvalue weighted by Gasteiger charge is -2.34. The van der Waals surface area contributed by atoms with E-state index >= 15 is 0 Å². The van der Waals surface area contributed by atoms with E-state index in [1.54, 1.807) is 29.2 Å². The predicted molar refractivity (Wildman–Crippen MR) is 66.1 cm³/mol. The van der Waals surface area contributed by atoms with E-state index in [1.165, 1.54) is 0 Å². The Morgan fingerprint density at radius 2 is 2.41 bits per heavy atom. The molecule has 0 radical (unpaired) electrons. The number of amides is 1. The third-order valence-corrected chi connectivity index (χ3v) is 3.07. The van der Waals surface area contributed by atoms with Crippen molar-refractivity contribution in [2.75, 3.05) is 26.3 Å². The number of ether oxygens (including phenoxy) is 1. The lowest BCUT2D eigenvalue weighted by molar-refractivity contribution is 0.000840. The monoisotopic (exact) mass is 254 g/mol. The van der Waals surface area contributed by atoms with Crippen molar-refractivity contribution in [2.45, 2.75) is 6.04 Å². The number of carbonyl (C=O) groups excluding carboxylic acids is 1. The molecule has 1 amide bonds. The first kappa shape index (κ1) is 12.4. The minimum Gasteiger partial charge on any atom is -0.377 e. The number of morpholine rings is 1. The molecule has 1 fully saturated rings. The van der Waals surface area contributed by atoms with Crippen LogP contribution in [0, 0.1) is 0 Å². The van der Waals surface area contributed by atoms with Crippen LogP contribution in [0.15, 0.2) is 24.3 Å². The first-order valence-electron chi connectivity index (χ1n) is 5.56. The van der Waals surface area contributed by atoms with Gasteiger partial charge in [0.15, 0.2) is 0 Å². The molecule has 1 aliphatic rings. The van der Waals surface area contributed by atoms with E-state index in [0.29, 0.717) is 36.9 Å². The maximum atomic E-state index is 12.3. The molecule has 2 N–H and O–H groups in total. The van der Waals surface area contributed by atoms with Crippen molar-refractivity contribution in [3.63, 3.8) is 0 Å². The molecule has 0 bridgehead atoms. The van der Waals surface area contributed by atoms with E-state index in [0.717, 1.165) is 0 Å². The predicted octanol–water partition coefficient (Wildman–Crippen LogP) is 1.14. The first-order chi connectivity index (χ1) is 8.22. The van der Waals surface area contributed by atoms with E-state index < -0.39 is 0 Å². The average Bonchev–Trinajstić information content (AvgIpc) is 2.38. The first-order valence-corrected chi connectivity index (χ1v) is 5.94. The van der Waals surface area contributed by atoms with E-state index in [-0.39, 0.29) is 11.9 Å². The number of nitrogens with zero attached hydrogens (tertiary/aromatic N) is 1. The normalized spacial score (nSPS) is 20.4. The molecule has 1 unspecified atom stereocenters. The number of benzene rings is 1. The van der Waals surface area contributed by atoms with Gasteiger partial charge in [-0.2, -0.15) is 0 Å². The van der Waals surface area contributed by atoms with Gasteiger partial charge in [0.2, 0.25) is 0 Å². The van der Waals surface area contributed by atoms with Crippen LogP contribution in [0.25, 0.3) is 0 Å². The fourth-order valence-electron chi connectivity index (χ4n) is 1.90. The number of hydrogen-bond donors (Lipinski definition) is 1. The van der Waals surface area contributed by atoms with Gasteiger partial charge in [0.05, 0.1) is 19.3 Å². The lowest BCUT2D eigenvalue weighted by Crippen LogP contribution is -2.52. The summed E-state index contributed by atoms with van der Waals surface area (Å²) in [6.07, 6.45) is 0. The maximum Gasteiger partial charge on any atom is 0.254 e. The summed E-state index contributed by atoms with van der Waals surface area (Å²) in [4.78, 5) is 14.0. The average molecular weight is 255 g/mol. The van der Waals surface area contributed by atoms with Crippen LogP contribution in [-0.2, 0) is 4.74 Å². The standard InChI is InChI=1S/C12H15ClN2O2/c13-10-3-1-2-9(6-10)12(16)15-4-5-17-8-11(15)7-14/h1-3,6,11H,4-5,7-8,14H2. The van der Waals surface area contributed by atoms with Crippen molar-refractivity contribution in [3.05, 3.63) is 34.9 Å². The summed E-state index contributed by atoms with van der Waals surface area (Å²) in [5.74, 6) is -0.0359. The number of halogens is 1.